The average molecular weight is 422 g/mol. The second-order valence-corrected chi connectivity index (χ2v) is 7.61. The third-order valence-corrected chi connectivity index (χ3v) is 5.85. The van der Waals surface area contributed by atoms with E-state index in [1.54, 1.807) is 36.5 Å². The van der Waals surface area contributed by atoms with Crippen LogP contribution in [0.2, 0.25) is 0 Å². The van der Waals surface area contributed by atoms with E-state index in [1.807, 2.05) is 13.1 Å². The largest absolute Gasteiger partial charge is 0.481 e. The number of piperidine rings is 1. The summed E-state index contributed by atoms with van der Waals surface area (Å²) in [6.45, 7) is 5.60. The highest BCUT2D eigenvalue weighted by Crippen LogP contribution is 2.24. The van der Waals surface area contributed by atoms with Crippen LogP contribution in [0.5, 0.6) is 5.88 Å². The third kappa shape index (κ3) is 3.90. The van der Waals surface area contributed by atoms with Crippen LogP contribution in [0.4, 0.5) is 5.82 Å². The molecular weight excluding hydrogens is 396 g/mol. The minimum atomic E-state index is -0.160. The number of methoxy groups -OCH3 is 1. The number of hydrogen-bond acceptors (Lipinski definition) is 6. The Balaban J connectivity index is 1.52. The number of nitrogens with one attached hydrogen (secondary N) is 1. The van der Waals surface area contributed by atoms with Gasteiger partial charge >= 0.3 is 0 Å². The van der Waals surface area contributed by atoms with E-state index in [9.17, 15) is 9.59 Å². The zero-order chi connectivity index (χ0) is 22.0. The fraction of sp³-hybridized carbons (Fsp3) is 0.364. The van der Waals surface area contributed by atoms with E-state index in [-0.39, 0.29) is 17.5 Å². The maximum Gasteiger partial charge on any atom is 0.275 e. The maximum atomic E-state index is 13.4. The lowest BCUT2D eigenvalue weighted by Crippen LogP contribution is -2.46. The van der Waals surface area contributed by atoms with Crippen molar-refractivity contribution in [3.63, 3.8) is 0 Å². The molecule has 1 N–H and O–H groups in total. The number of amides is 1. The van der Waals surface area contributed by atoms with Crippen molar-refractivity contribution in [1.82, 2.24) is 24.4 Å². The normalized spacial score (nSPS) is 14.6. The lowest BCUT2D eigenvalue weighted by molar-refractivity contribution is 0.0710. The van der Waals surface area contributed by atoms with Crippen molar-refractivity contribution in [2.75, 3.05) is 32.1 Å². The number of anilines is 1. The number of rotatable bonds is 6. The number of aromatic amines is 1. The molecule has 4 heterocycles. The van der Waals surface area contributed by atoms with E-state index in [0.29, 0.717) is 28.9 Å². The predicted molar refractivity (Wildman–Crippen MR) is 119 cm³/mol. The van der Waals surface area contributed by atoms with E-state index in [0.717, 1.165) is 31.7 Å². The van der Waals surface area contributed by atoms with E-state index in [1.165, 1.54) is 10.9 Å². The Labute approximate surface area is 180 Å². The Morgan fingerprint density at radius 3 is 2.87 bits per heavy atom. The van der Waals surface area contributed by atoms with E-state index < -0.39 is 0 Å². The van der Waals surface area contributed by atoms with Crippen molar-refractivity contribution in [2.24, 2.45) is 0 Å². The summed E-state index contributed by atoms with van der Waals surface area (Å²) in [4.78, 5) is 41.3. The van der Waals surface area contributed by atoms with Crippen molar-refractivity contribution in [3.8, 4) is 5.88 Å². The van der Waals surface area contributed by atoms with Gasteiger partial charge in [0.2, 0.25) is 5.88 Å². The maximum absolute atomic E-state index is 13.4. The van der Waals surface area contributed by atoms with Gasteiger partial charge in [0.05, 0.1) is 12.7 Å². The average Bonchev–Trinajstić information content (AvgIpc) is 3.31. The molecule has 1 aliphatic rings. The summed E-state index contributed by atoms with van der Waals surface area (Å²) in [5.74, 6) is 1.26. The molecule has 9 nitrogen and oxygen atoms in total. The number of pyridine rings is 1. The third-order valence-electron chi connectivity index (χ3n) is 5.85. The molecule has 4 rings (SSSR count). The first-order chi connectivity index (χ1) is 15.0. The molecule has 1 amide bonds. The van der Waals surface area contributed by atoms with Gasteiger partial charge in [-0.05, 0) is 18.9 Å². The Morgan fingerprint density at radius 2 is 2.16 bits per heavy atom. The van der Waals surface area contributed by atoms with Gasteiger partial charge in [0, 0.05) is 56.6 Å². The SMILES string of the molecule is C=CCn1cc(C(=O)N(C)C2CCN(c3cc(OC)ncn3)CC2)c2cc[nH]c2c1=O. The molecule has 1 aliphatic heterocycles. The molecule has 31 heavy (non-hydrogen) atoms. The lowest BCUT2D eigenvalue weighted by Gasteiger charge is -2.37. The molecule has 0 aliphatic carbocycles. The van der Waals surface area contributed by atoms with Crippen molar-refractivity contribution in [2.45, 2.75) is 25.4 Å². The number of carbonyl (C=O) groups is 1. The van der Waals surface area contributed by atoms with Gasteiger partial charge in [-0.25, -0.2) is 9.97 Å². The van der Waals surface area contributed by atoms with Gasteiger partial charge in [0.1, 0.15) is 17.7 Å². The quantitative estimate of drug-likeness (QED) is 0.611. The number of H-pyrrole nitrogens is 1. The predicted octanol–water partition coefficient (Wildman–Crippen LogP) is 2.06. The number of carbonyl (C=O) groups excluding carboxylic acids is 1. The van der Waals surface area contributed by atoms with Crippen LogP contribution in [0.15, 0.2) is 48.3 Å². The Hall–Kier alpha value is -3.62. The van der Waals surface area contributed by atoms with Crippen LogP contribution in [0.25, 0.3) is 10.9 Å². The summed E-state index contributed by atoms with van der Waals surface area (Å²) in [5, 5.41) is 0.646. The highest BCUT2D eigenvalue weighted by Gasteiger charge is 2.28. The van der Waals surface area contributed by atoms with Gasteiger partial charge in [-0.3, -0.25) is 9.59 Å². The van der Waals surface area contributed by atoms with Crippen LogP contribution >= 0.6 is 0 Å². The number of fused-ring (bicyclic) bond motifs is 1. The fourth-order valence-electron chi connectivity index (χ4n) is 4.10. The van der Waals surface area contributed by atoms with Gasteiger partial charge in [-0.2, -0.15) is 0 Å². The van der Waals surface area contributed by atoms with E-state index in [2.05, 4.69) is 26.4 Å². The molecule has 3 aromatic heterocycles. The van der Waals surface area contributed by atoms with Gasteiger partial charge < -0.3 is 24.1 Å². The van der Waals surface area contributed by atoms with Crippen LogP contribution in [0, 0.1) is 0 Å². The summed E-state index contributed by atoms with van der Waals surface area (Å²) in [5.41, 5.74) is 0.796. The molecule has 3 aromatic rings. The molecule has 0 spiro atoms. The minimum absolute atomic E-state index is 0.0930. The highest BCUT2D eigenvalue weighted by atomic mass is 16.5. The summed E-state index contributed by atoms with van der Waals surface area (Å²) < 4.78 is 6.70. The van der Waals surface area contributed by atoms with E-state index in [4.69, 9.17) is 4.74 Å². The number of hydrogen-bond donors (Lipinski definition) is 1. The van der Waals surface area contributed by atoms with Crippen LogP contribution < -0.4 is 15.2 Å². The smallest absolute Gasteiger partial charge is 0.275 e. The van der Waals surface area contributed by atoms with Gasteiger partial charge in [-0.15, -0.1) is 6.58 Å². The fourth-order valence-corrected chi connectivity index (χ4v) is 4.10. The standard InChI is InChI=1S/C22H26N6O3/c1-4-9-28-13-17(16-5-8-23-20(16)22(28)30)21(29)26(2)15-6-10-27(11-7-15)18-12-19(31-3)25-14-24-18/h4-5,8,12-15,23H,1,6-7,9-11H2,2-3H3. The zero-order valence-electron chi connectivity index (χ0n) is 17.7. The zero-order valence-corrected chi connectivity index (χ0v) is 17.7. The van der Waals surface area contributed by atoms with Crippen molar-refractivity contribution >= 4 is 22.6 Å². The molecule has 0 radical (unpaired) electrons. The van der Waals surface area contributed by atoms with Gasteiger partial charge in [0.15, 0.2) is 0 Å². The first kappa shape index (κ1) is 20.6. The summed E-state index contributed by atoms with van der Waals surface area (Å²) >= 11 is 0. The topological polar surface area (TPSA) is 96.3 Å². The summed E-state index contributed by atoms with van der Waals surface area (Å²) in [6, 6.07) is 3.70. The van der Waals surface area contributed by atoms with Crippen molar-refractivity contribution < 1.29 is 9.53 Å². The lowest BCUT2D eigenvalue weighted by atomic mass is 10.0. The van der Waals surface area contributed by atoms with Crippen LogP contribution in [-0.4, -0.2) is 63.6 Å². The molecular formula is C22H26N6O3. The second kappa shape index (κ2) is 8.63. The Bertz CT molecular complexity index is 1160. The number of nitrogens with zero attached hydrogens (tertiary/aromatic N) is 5. The molecule has 1 fully saturated rings. The molecule has 0 bridgehead atoms. The second-order valence-electron chi connectivity index (χ2n) is 7.61. The molecule has 9 heteroatoms. The summed E-state index contributed by atoms with van der Waals surface area (Å²) in [7, 11) is 3.41. The molecule has 0 saturated carbocycles. The molecule has 0 aromatic carbocycles. The minimum Gasteiger partial charge on any atom is -0.481 e. The van der Waals surface area contributed by atoms with Crippen molar-refractivity contribution in [3.05, 3.63) is 59.4 Å². The first-order valence-corrected chi connectivity index (χ1v) is 10.2. The first-order valence-electron chi connectivity index (χ1n) is 10.2. The van der Waals surface area contributed by atoms with Crippen LogP contribution in [0.3, 0.4) is 0 Å². The van der Waals surface area contributed by atoms with Gasteiger partial charge in [-0.1, -0.05) is 6.08 Å². The highest BCUT2D eigenvalue weighted by molar-refractivity contribution is 6.05. The number of ether oxygens (including phenoxy) is 1. The molecule has 0 atom stereocenters. The molecule has 0 unspecified atom stereocenters. The van der Waals surface area contributed by atoms with Gasteiger partial charge in [0.25, 0.3) is 11.5 Å². The van der Waals surface area contributed by atoms with Crippen LogP contribution in [-0.2, 0) is 6.54 Å². The van der Waals surface area contributed by atoms with Crippen LogP contribution in [0.1, 0.15) is 23.2 Å². The van der Waals surface area contributed by atoms with E-state index >= 15 is 0 Å². The van der Waals surface area contributed by atoms with Crippen molar-refractivity contribution in [1.29, 1.82) is 0 Å². The Morgan fingerprint density at radius 1 is 1.39 bits per heavy atom. The molecule has 162 valence electrons. The summed E-state index contributed by atoms with van der Waals surface area (Å²) in [6.07, 6.45) is 8.10. The molecule has 1 saturated heterocycles. The number of allylic oxidation sites excluding steroid dienone is 1. The Kier molecular flexibility index (Phi) is 5.75. The number of aromatic nitrogens is 4. The monoisotopic (exact) mass is 422 g/mol.